The Kier molecular flexibility index (Phi) is 5.82. The predicted octanol–water partition coefficient (Wildman–Crippen LogP) is 2.35. The minimum absolute atomic E-state index is 0. The number of nitrogens with zero attached hydrogens (tertiary/aromatic N) is 1. The molecule has 6 heteroatoms. The van der Waals surface area contributed by atoms with E-state index in [0.29, 0.717) is 25.9 Å². The average molecular weight is 349 g/mol. The van der Waals surface area contributed by atoms with Gasteiger partial charge in [0.2, 0.25) is 5.91 Å². The van der Waals surface area contributed by atoms with Crippen LogP contribution in [0, 0.1) is 5.92 Å². The highest BCUT2D eigenvalue weighted by Crippen LogP contribution is 2.18. The Labute approximate surface area is 126 Å². The van der Waals surface area contributed by atoms with Gasteiger partial charge in [0.1, 0.15) is 0 Å². The maximum Gasteiger partial charge on any atom is 0.308 e. The van der Waals surface area contributed by atoms with Crippen molar-refractivity contribution in [3.63, 3.8) is 0 Å². The first-order valence-electron chi connectivity index (χ1n) is 5.81. The number of carboxylic acid groups (broad SMARTS) is 1. The summed E-state index contributed by atoms with van der Waals surface area (Å²) in [6, 6.07) is 7.59. The Hall–Kier alpha value is -1.07. The Morgan fingerprint density at radius 2 is 2.16 bits per heavy atom. The summed E-state index contributed by atoms with van der Waals surface area (Å²) in [5.74, 6) is -1.22. The molecule has 1 aliphatic rings. The Bertz CT molecular complexity index is 481. The molecule has 1 aliphatic heterocycles. The van der Waals surface area contributed by atoms with Crippen molar-refractivity contribution in [2.24, 2.45) is 5.92 Å². The minimum Gasteiger partial charge on any atom is -0.481 e. The third kappa shape index (κ3) is 4.21. The SMILES string of the molecule is Cl.O=C(O)C1CCN(C(=O)Cc2cccc(Br)c2)C1. The summed E-state index contributed by atoms with van der Waals surface area (Å²) in [5, 5.41) is 8.89. The number of likely N-dealkylation sites (tertiary alicyclic amines) is 1. The van der Waals surface area contributed by atoms with Crippen LogP contribution >= 0.6 is 28.3 Å². The van der Waals surface area contributed by atoms with Gasteiger partial charge in [-0.15, -0.1) is 12.4 Å². The maximum atomic E-state index is 12.0. The molecule has 0 saturated carbocycles. The molecule has 4 nitrogen and oxygen atoms in total. The smallest absolute Gasteiger partial charge is 0.308 e. The molecule has 104 valence electrons. The van der Waals surface area contributed by atoms with E-state index in [0.717, 1.165) is 10.0 Å². The van der Waals surface area contributed by atoms with Gasteiger partial charge in [-0.2, -0.15) is 0 Å². The fourth-order valence-corrected chi connectivity index (χ4v) is 2.57. The Balaban J connectivity index is 0.00000180. The van der Waals surface area contributed by atoms with Crippen LogP contribution in [0.15, 0.2) is 28.7 Å². The largest absolute Gasteiger partial charge is 0.481 e. The summed E-state index contributed by atoms with van der Waals surface area (Å²) >= 11 is 3.36. The highest BCUT2D eigenvalue weighted by molar-refractivity contribution is 9.10. The summed E-state index contributed by atoms with van der Waals surface area (Å²) in [5.41, 5.74) is 0.938. The minimum atomic E-state index is -0.812. The number of hydrogen-bond donors (Lipinski definition) is 1. The molecule has 0 radical (unpaired) electrons. The van der Waals surface area contributed by atoms with Gasteiger partial charge in [-0.05, 0) is 24.1 Å². The third-order valence-electron chi connectivity index (χ3n) is 3.13. The number of rotatable bonds is 3. The number of aliphatic carboxylic acids is 1. The van der Waals surface area contributed by atoms with E-state index in [4.69, 9.17) is 5.11 Å². The van der Waals surface area contributed by atoms with Crippen LogP contribution in [0.1, 0.15) is 12.0 Å². The van der Waals surface area contributed by atoms with Gasteiger partial charge in [-0.3, -0.25) is 9.59 Å². The highest BCUT2D eigenvalue weighted by atomic mass is 79.9. The molecule has 1 amide bonds. The fourth-order valence-electron chi connectivity index (χ4n) is 2.12. The second-order valence-electron chi connectivity index (χ2n) is 4.47. The normalized spacial score (nSPS) is 17.9. The molecule has 1 fully saturated rings. The second-order valence-corrected chi connectivity index (χ2v) is 5.39. The molecule has 1 N–H and O–H groups in total. The van der Waals surface area contributed by atoms with Crippen molar-refractivity contribution in [1.29, 1.82) is 0 Å². The van der Waals surface area contributed by atoms with E-state index in [1.54, 1.807) is 4.90 Å². The first kappa shape index (κ1) is 16.0. The summed E-state index contributed by atoms with van der Waals surface area (Å²) < 4.78 is 0.942. The molecule has 1 aromatic carbocycles. The zero-order chi connectivity index (χ0) is 13.1. The molecule has 1 atom stereocenters. The number of carboxylic acids is 1. The lowest BCUT2D eigenvalue weighted by atomic mass is 10.1. The number of benzene rings is 1. The van der Waals surface area contributed by atoms with Gasteiger partial charge >= 0.3 is 5.97 Å². The number of halogens is 2. The van der Waals surface area contributed by atoms with Gasteiger partial charge in [0, 0.05) is 17.6 Å². The lowest BCUT2D eigenvalue weighted by Gasteiger charge is -2.15. The van der Waals surface area contributed by atoms with Crippen LogP contribution in [0.25, 0.3) is 0 Å². The molecule has 0 aromatic heterocycles. The average Bonchev–Trinajstić information content (AvgIpc) is 2.78. The molecule has 19 heavy (non-hydrogen) atoms. The van der Waals surface area contributed by atoms with E-state index in [-0.39, 0.29) is 18.3 Å². The standard InChI is InChI=1S/C13H14BrNO3.ClH/c14-11-3-1-2-9(6-11)7-12(16)15-5-4-10(8-15)13(17)18;/h1-3,6,10H,4-5,7-8H2,(H,17,18);1H. The number of carbonyl (C=O) groups excluding carboxylic acids is 1. The maximum absolute atomic E-state index is 12.0. The van der Waals surface area contributed by atoms with Crippen LogP contribution in [0.5, 0.6) is 0 Å². The van der Waals surface area contributed by atoms with Gasteiger partial charge < -0.3 is 10.0 Å². The van der Waals surface area contributed by atoms with Crippen molar-refractivity contribution >= 4 is 40.2 Å². The molecule has 1 saturated heterocycles. The van der Waals surface area contributed by atoms with Gasteiger partial charge in [0.25, 0.3) is 0 Å². The summed E-state index contributed by atoms with van der Waals surface area (Å²) in [6.45, 7) is 0.881. The van der Waals surface area contributed by atoms with Crippen LogP contribution in [0.4, 0.5) is 0 Å². The number of amides is 1. The number of hydrogen-bond acceptors (Lipinski definition) is 2. The lowest BCUT2D eigenvalue weighted by Crippen LogP contribution is -2.31. The van der Waals surface area contributed by atoms with Crippen molar-refractivity contribution in [3.8, 4) is 0 Å². The van der Waals surface area contributed by atoms with E-state index < -0.39 is 11.9 Å². The molecular weight excluding hydrogens is 334 g/mol. The van der Waals surface area contributed by atoms with Crippen LogP contribution in [-0.2, 0) is 16.0 Å². The van der Waals surface area contributed by atoms with Gasteiger partial charge in [-0.25, -0.2) is 0 Å². The van der Waals surface area contributed by atoms with E-state index in [9.17, 15) is 9.59 Å². The molecule has 2 rings (SSSR count). The summed E-state index contributed by atoms with van der Waals surface area (Å²) in [6.07, 6.45) is 0.880. The van der Waals surface area contributed by atoms with E-state index >= 15 is 0 Å². The Morgan fingerprint density at radius 1 is 1.42 bits per heavy atom. The zero-order valence-corrected chi connectivity index (χ0v) is 12.6. The van der Waals surface area contributed by atoms with E-state index in [1.165, 1.54) is 0 Å². The molecule has 1 heterocycles. The van der Waals surface area contributed by atoms with Crippen LogP contribution in [-0.4, -0.2) is 35.0 Å². The van der Waals surface area contributed by atoms with Gasteiger partial charge in [0.05, 0.1) is 12.3 Å². The predicted molar refractivity (Wildman–Crippen MR) is 77.4 cm³/mol. The summed E-state index contributed by atoms with van der Waals surface area (Å²) in [7, 11) is 0. The molecule has 0 spiro atoms. The van der Waals surface area contributed by atoms with Crippen molar-refractivity contribution in [1.82, 2.24) is 4.90 Å². The highest BCUT2D eigenvalue weighted by Gasteiger charge is 2.30. The first-order chi connectivity index (χ1) is 8.56. The lowest BCUT2D eigenvalue weighted by molar-refractivity contribution is -0.141. The van der Waals surface area contributed by atoms with E-state index in [2.05, 4.69) is 15.9 Å². The van der Waals surface area contributed by atoms with Crippen molar-refractivity contribution in [2.45, 2.75) is 12.8 Å². The first-order valence-corrected chi connectivity index (χ1v) is 6.60. The molecular formula is C13H15BrClNO3. The van der Waals surface area contributed by atoms with Gasteiger partial charge in [0.15, 0.2) is 0 Å². The molecule has 1 aromatic rings. The van der Waals surface area contributed by atoms with Crippen molar-refractivity contribution in [3.05, 3.63) is 34.3 Å². The number of carbonyl (C=O) groups is 2. The molecule has 0 aliphatic carbocycles. The van der Waals surface area contributed by atoms with Crippen LogP contribution in [0.2, 0.25) is 0 Å². The topological polar surface area (TPSA) is 57.6 Å². The van der Waals surface area contributed by atoms with Crippen molar-refractivity contribution in [2.75, 3.05) is 13.1 Å². The van der Waals surface area contributed by atoms with Crippen molar-refractivity contribution < 1.29 is 14.7 Å². The summed E-state index contributed by atoms with van der Waals surface area (Å²) in [4.78, 5) is 24.5. The third-order valence-corrected chi connectivity index (χ3v) is 3.63. The molecule has 1 unspecified atom stereocenters. The Morgan fingerprint density at radius 3 is 2.74 bits per heavy atom. The van der Waals surface area contributed by atoms with Crippen LogP contribution < -0.4 is 0 Å². The molecule has 0 bridgehead atoms. The second kappa shape index (κ2) is 6.91. The van der Waals surface area contributed by atoms with E-state index in [1.807, 2.05) is 24.3 Å². The van der Waals surface area contributed by atoms with Crippen LogP contribution in [0.3, 0.4) is 0 Å². The van der Waals surface area contributed by atoms with Gasteiger partial charge in [-0.1, -0.05) is 28.1 Å². The quantitative estimate of drug-likeness (QED) is 0.912. The zero-order valence-electron chi connectivity index (χ0n) is 10.2. The monoisotopic (exact) mass is 347 g/mol. The fraction of sp³-hybridized carbons (Fsp3) is 0.385.